The Balaban J connectivity index is 1.78. The van der Waals surface area contributed by atoms with Crippen molar-refractivity contribution < 1.29 is 0 Å². The van der Waals surface area contributed by atoms with Crippen LogP contribution >= 0.6 is 0 Å². The summed E-state index contributed by atoms with van der Waals surface area (Å²) in [5.74, 6) is 2.60. The smallest absolute Gasteiger partial charge is 0.00793 e. The lowest BCUT2D eigenvalue weighted by Crippen LogP contribution is -2.36. The Labute approximate surface area is 107 Å². The summed E-state index contributed by atoms with van der Waals surface area (Å²) in [5.41, 5.74) is 6.18. The third-order valence-corrected chi connectivity index (χ3v) is 5.02. The van der Waals surface area contributed by atoms with Crippen LogP contribution in [0, 0.1) is 17.8 Å². The largest absolute Gasteiger partial charge is 0.327 e. The molecule has 3 atom stereocenters. The molecule has 2 rings (SSSR count). The van der Waals surface area contributed by atoms with Gasteiger partial charge in [-0.15, -0.1) is 0 Å². The average Bonchev–Trinajstić information content (AvgIpc) is 2.55. The van der Waals surface area contributed by atoms with Crippen molar-refractivity contribution in [1.29, 1.82) is 0 Å². The van der Waals surface area contributed by atoms with Gasteiger partial charge in [-0.2, -0.15) is 0 Å². The van der Waals surface area contributed by atoms with Crippen molar-refractivity contribution in [3.8, 4) is 0 Å². The number of likely N-dealkylation sites (tertiary alicyclic amines) is 1. The van der Waals surface area contributed by atoms with Crippen LogP contribution < -0.4 is 5.73 Å². The van der Waals surface area contributed by atoms with E-state index in [0.717, 1.165) is 17.8 Å². The van der Waals surface area contributed by atoms with Crippen LogP contribution in [0.1, 0.15) is 52.4 Å². The molecular weight excluding hydrogens is 208 g/mol. The second kappa shape index (κ2) is 6.19. The third-order valence-electron chi connectivity index (χ3n) is 5.02. The quantitative estimate of drug-likeness (QED) is 0.819. The lowest BCUT2D eigenvalue weighted by atomic mass is 9.89. The molecule has 0 aromatic rings. The second-order valence-corrected chi connectivity index (χ2v) is 6.59. The van der Waals surface area contributed by atoms with Crippen LogP contribution in [0.2, 0.25) is 0 Å². The maximum absolute atomic E-state index is 6.18. The molecule has 3 unspecified atom stereocenters. The van der Waals surface area contributed by atoms with Crippen LogP contribution in [0.3, 0.4) is 0 Å². The van der Waals surface area contributed by atoms with E-state index in [1.54, 1.807) is 0 Å². The summed E-state index contributed by atoms with van der Waals surface area (Å²) in [4.78, 5) is 2.69. The van der Waals surface area contributed by atoms with Crippen molar-refractivity contribution in [3.05, 3.63) is 0 Å². The van der Waals surface area contributed by atoms with Crippen LogP contribution in [0.15, 0.2) is 0 Å². The zero-order valence-corrected chi connectivity index (χ0v) is 11.7. The first-order valence-electron chi connectivity index (χ1n) is 7.64. The number of nitrogens with two attached hydrogens (primary N) is 1. The second-order valence-electron chi connectivity index (χ2n) is 6.59. The minimum Gasteiger partial charge on any atom is -0.327 e. The van der Waals surface area contributed by atoms with E-state index in [1.807, 2.05) is 0 Å². The molecule has 0 radical (unpaired) electrons. The van der Waals surface area contributed by atoms with Crippen molar-refractivity contribution in [2.45, 2.75) is 58.4 Å². The van der Waals surface area contributed by atoms with E-state index in [2.05, 4.69) is 18.7 Å². The molecule has 1 saturated carbocycles. The molecule has 2 nitrogen and oxygen atoms in total. The van der Waals surface area contributed by atoms with Gasteiger partial charge in [0.25, 0.3) is 0 Å². The molecule has 100 valence electrons. The van der Waals surface area contributed by atoms with Crippen molar-refractivity contribution in [2.24, 2.45) is 23.5 Å². The molecule has 1 heterocycles. The van der Waals surface area contributed by atoms with E-state index in [0.29, 0.717) is 6.04 Å². The van der Waals surface area contributed by atoms with Gasteiger partial charge >= 0.3 is 0 Å². The van der Waals surface area contributed by atoms with E-state index in [4.69, 9.17) is 5.73 Å². The molecule has 0 aromatic heterocycles. The minimum atomic E-state index is 0.485. The standard InChI is InChI=1S/C15H30N2/c1-12(2)13-6-4-9-17(10-8-13)11-14-5-3-7-15(14)16/h12-15H,3-11,16H2,1-2H3. The SMILES string of the molecule is CC(C)C1CCCN(CC2CCCC2N)CC1. The molecule has 2 heteroatoms. The zero-order chi connectivity index (χ0) is 12.3. The maximum Gasteiger partial charge on any atom is 0.00793 e. The highest BCUT2D eigenvalue weighted by molar-refractivity contribution is 4.83. The van der Waals surface area contributed by atoms with Gasteiger partial charge in [-0.1, -0.05) is 20.3 Å². The number of hydrogen-bond acceptors (Lipinski definition) is 2. The Morgan fingerprint density at radius 2 is 1.88 bits per heavy atom. The Bertz CT molecular complexity index is 227. The fourth-order valence-corrected chi connectivity index (χ4v) is 3.65. The fourth-order valence-electron chi connectivity index (χ4n) is 3.65. The highest BCUT2D eigenvalue weighted by atomic mass is 15.1. The van der Waals surface area contributed by atoms with Crippen molar-refractivity contribution >= 4 is 0 Å². The predicted octanol–water partition coefficient (Wildman–Crippen LogP) is 2.87. The summed E-state index contributed by atoms with van der Waals surface area (Å²) >= 11 is 0. The molecule has 17 heavy (non-hydrogen) atoms. The van der Waals surface area contributed by atoms with Crippen LogP contribution in [0.25, 0.3) is 0 Å². The third kappa shape index (κ3) is 3.69. The molecule has 2 N–H and O–H groups in total. The highest BCUT2D eigenvalue weighted by Gasteiger charge is 2.27. The number of hydrogen-bond donors (Lipinski definition) is 1. The first-order chi connectivity index (χ1) is 8.16. The Hall–Kier alpha value is -0.0800. The minimum absolute atomic E-state index is 0.485. The Kier molecular flexibility index (Phi) is 4.87. The van der Waals surface area contributed by atoms with Gasteiger partial charge in [0.2, 0.25) is 0 Å². The van der Waals surface area contributed by atoms with Crippen LogP contribution in [0.5, 0.6) is 0 Å². The van der Waals surface area contributed by atoms with Crippen molar-refractivity contribution in [2.75, 3.05) is 19.6 Å². The summed E-state index contributed by atoms with van der Waals surface area (Å²) in [6.45, 7) is 8.66. The lowest BCUT2D eigenvalue weighted by molar-refractivity contribution is 0.224. The molecule has 1 aliphatic carbocycles. The van der Waals surface area contributed by atoms with Crippen LogP contribution in [-0.2, 0) is 0 Å². The van der Waals surface area contributed by atoms with Crippen LogP contribution in [-0.4, -0.2) is 30.6 Å². The predicted molar refractivity (Wildman–Crippen MR) is 73.9 cm³/mol. The van der Waals surface area contributed by atoms with Crippen molar-refractivity contribution in [3.63, 3.8) is 0 Å². The van der Waals surface area contributed by atoms with E-state index in [9.17, 15) is 0 Å². The van der Waals surface area contributed by atoms with Gasteiger partial charge in [-0.25, -0.2) is 0 Å². The maximum atomic E-state index is 6.18. The van der Waals surface area contributed by atoms with Gasteiger partial charge in [0, 0.05) is 12.6 Å². The normalized spacial score (nSPS) is 36.4. The Morgan fingerprint density at radius 1 is 1.06 bits per heavy atom. The van der Waals surface area contributed by atoms with Gasteiger partial charge < -0.3 is 10.6 Å². The molecule has 1 aliphatic heterocycles. The summed E-state index contributed by atoms with van der Waals surface area (Å²) in [5, 5.41) is 0. The Morgan fingerprint density at radius 3 is 2.53 bits per heavy atom. The first kappa shape index (κ1) is 13.4. The number of nitrogens with zero attached hydrogens (tertiary/aromatic N) is 1. The van der Waals surface area contributed by atoms with E-state index in [1.165, 1.54) is 58.2 Å². The summed E-state index contributed by atoms with van der Waals surface area (Å²) < 4.78 is 0. The average molecular weight is 238 g/mol. The van der Waals surface area contributed by atoms with E-state index < -0.39 is 0 Å². The van der Waals surface area contributed by atoms with Crippen LogP contribution in [0.4, 0.5) is 0 Å². The van der Waals surface area contributed by atoms with E-state index >= 15 is 0 Å². The van der Waals surface area contributed by atoms with E-state index in [-0.39, 0.29) is 0 Å². The molecule has 2 aliphatic rings. The summed E-state index contributed by atoms with van der Waals surface area (Å²) in [7, 11) is 0. The van der Waals surface area contributed by atoms with Gasteiger partial charge in [0.1, 0.15) is 0 Å². The van der Waals surface area contributed by atoms with Gasteiger partial charge in [0.05, 0.1) is 0 Å². The van der Waals surface area contributed by atoms with Gasteiger partial charge in [-0.3, -0.25) is 0 Å². The monoisotopic (exact) mass is 238 g/mol. The van der Waals surface area contributed by atoms with Gasteiger partial charge in [0.15, 0.2) is 0 Å². The molecule has 0 bridgehead atoms. The zero-order valence-electron chi connectivity index (χ0n) is 11.7. The molecule has 1 saturated heterocycles. The molecule has 0 aromatic carbocycles. The molecule has 0 amide bonds. The van der Waals surface area contributed by atoms with Gasteiger partial charge in [-0.05, 0) is 62.9 Å². The summed E-state index contributed by atoms with van der Waals surface area (Å²) in [6, 6.07) is 0.485. The molecule has 2 fully saturated rings. The lowest BCUT2D eigenvalue weighted by Gasteiger charge is -2.26. The highest BCUT2D eigenvalue weighted by Crippen LogP contribution is 2.28. The van der Waals surface area contributed by atoms with Crippen molar-refractivity contribution in [1.82, 2.24) is 4.90 Å². The molecule has 0 spiro atoms. The topological polar surface area (TPSA) is 29.3 Å². The number of rotatable bonds is 3. The summed E-state index contributed by atoms with van der Waals surface area (Å²) in [6.07, 6.45) is 8.21. The molecular formula is C15H30N2. The fraction of sp³-hybridized carbons (Fsp3) is 1.00. The first-order valence-corrected chi connectivity index (χ1v) is 7.64.